The highest BCUT2D eigenvalue weighted by molar-refractivity contribution is 5.75. The predicted octanol–water partition coefficient (Wildman–Crippen LogP) is 0.859. The molecule has 0 aromatic carbocycles. The third kappa shape index (κ3) is 5.70. The Bertz CT molecular complexity index is 442. The first-order chi connectivity index (χ1) is 9.15. The Morgan fingerprint density at radius 3 is 2.79 bits per heavy atom. The van der Waals surface area contributed by atoms with Gasteiger partial charge in [-0.3, -0.25) is 9.59 Å². The Hall–Kier alpha value is -1.62. The van der Waals surface area contributed by atoms with Crippen LogP contribution in [0.1, 0.15) is 25.7 Å². The lowest BCUT2D eigenvalue weighted by molar-refractivity contribution is -0.130. The molecule has 0 aliphatic heterocycles. The summed E-state index contributed by atoms with van der Waals surface area (Å²) in [4.78, 5) is 25.0. The van der Waals surface area contributed by atoms with Crippen molar-refractivity contribution in [3.8, 4) is 0 Å². The predicted molar refractivity (Wildman–Crippen MR) is 73.9 cm³/mol. The number of hydrogen-bond acceptors (Lipinski definition) is 3. The number of carbonyl (C=O) groups excluding carboxylic acids is 1. The minimum Gasteiger partial charge on any atom is -0.396 e. The highest BCUT2D eigenvalue weighted by atomic mass is 16.3. The number of aryl methyl sites for hydroxylation is 1. The summed E-state index contributed by atoms with van der Waals surface area (Å²) in [5.41, 5.74) is -0.0825. The summed E-state index contributed by atoms with van der Waals surface area (Å²) in [6.45, 7) is 1.32. The molecule has 5 nitrogen and oxygen atoms in total. The van der Waals surface area contributed by atoms with Gasteiger partial charge in [0.2, 0.25) is 5.91 Å². The van der Waals surface area contributed by atoms with Crippen LogP contribution in [0, 0.1) is 0 Å². The zero-order valence-electron chi connectivity index (χ0n) is 11.4. The second-order valence-electron chi connectivity index (χ2n) is 4.58. The van der Waals surface area contributed by atoms with Gasteiger partial charge in [-0.15, -0.1) is 0 Å². The van der Waals surface area contributed by atoms with Gasteiger partial charge in [0.15, 0.2) is 0 Å². The highest BCUT2D eigenvalue weighted by Gasteiger charge is 2.08. The molecular formula is C14H22N2O3. The standard InChI is InChI=1S/C14H22N2O3/c1-15(9-4-2-6-12-17)13(18)8-11-16-10-5-3-7-14(16)19/h3,5,7,10,17H,2,4,6,8-9,11-12H2,1H3. The smallest absolute Gasteiger partial charge is 0.250 e. The molecule has 0 aliphatic carbocycles. The zero-order valence-corrected chi connectivity index (χ0v) is 11.4. The number of carbonyl (C=O) groups is 1. The van der Waals surface area contributed by atoms with E-state index in [2.05, 4.69) is 0 Å². The fraction of sp³-hybridized carbons (Fsp3) is 0.571. The fourth-order valence-corrected chi connectivity index (χ4v) is 1.81. The number of aliphatic hydroxyl groups is 1. The Morgan fingerprint density at radius 2 is 2.11 bits per heavy atom. The van der Waals surface area contributed by atoms with Gasteiger partial charge >= 0.3 is 0 Å². The van der Waals surface area contributed by atoms with E-state index in [4.69, 9.17) is 5.11 Å². The first-order valence-corrected chi connectivity index (χ1v) is 6.65. The van der Waals surface area contributed by atoms with E-state index >= 15 is 0 Å². The quantitative estimate of drug-likeness (QED) is 0.710. The van der Waals surface area contributed by atoms with Crippen LogP contribution in [-0.2, 0) is 11.3 Å². The molecule has 0 spiro atoms. The van der Waals surface area contributed by atoms with Crippen molar-refractivity contribution in [2.75, 3.05) is 20.2 Å². The van der Waals surface area contributed by atoms with Crippen LogP contribution in [0.3, 0.4) is 0 Å². The summed E-state index contributed by atoms with van der Waals surface area (Å²) in [5, 5.41) is 8.66. The van der Waals surface area contributed by atoms with Crippen LogP contribution in [0.4, 0.5) is 0 Å². The largest absolute Gasteiger partial charge is 0.396 e. The van der Waals surface area contributed by atoms with Gasteiger partial charge in [0.25, 0.3) is 5.56 Å². The Kier molecular flexibility index (Phi) is 6.89. The number of nitrogens with zero attached hydrogens (tertiary/aromatic N) is 2. The van der Waals surface area contributed by atoms with E-state index in [9.17, 15) is 9.59 Å². The topological polar surface area (TPSA) is 62.5 Å². The van der Waals surface area contributed by atoms with Gasteiger partial charge in [-0.1, -0.05) is 6.07 Å². The van der Waals surface area contributed by atoms with E-state index in [1.807, 2.05) is 0 Å². The van der Waals surface area contributed by atoms with E-state index in [1.54, 1.807) is 30.3 Å². The van der Waals surface area contributed by atoms with Gasteiger partial charge in [-0.2, -0.15) is 0 Å². The second kappa shape index (κ2) is 8.48. The van der Waals surface area contributed by atoms with Gasteiger partial charge in [0.1, 0.15) is 0 Å². The average Bonchev–Trinajstić information content (AvgIpc) is 2.42. The number of hydrogen-bond donors (Lipinski definition) is 1. The normalized spacial score (nSPS) is 10.4. The molecule has 1 N–H and O–H groups in total. The molecule has 1 aromatic heterocycles. The number of rotatable bonds is 8. The second-order valence-corrected chi connectivity index (χ2v) is 4.58. The summed E-state index contributed by atoms with van der Waals surface area (Å²) in [6, 6.07) is 4.96. The minimum atomic E-state index is -0.0825. The molecule has 1 aromatic rings. The maximum absolute atomic E-state index is 11.9. The van der Waals surface area contributed by atoms with E-state index in [0.717, 1.165) is 19.3 Å². The SMILES string of the molecule is CN(CCCCCO)C(=O)CCn1ccccc1=O. The first kappa shape index (κ1) is 15.4. The van der Waals surface area contributed by atoms with Crippen molar-refractivity contribution in [3.05, 3.63) is 34.7 Å². The van der Waals surface area contributed by atoms with Crippen molar-refractivity contribution in [3.63, 3.8) is 0 Å². The third-order valence-corrected chi connectivity index (χ3v) is 3.04. The number of unbranched alkanes of at least 4 members (excludes halogenated alkanes) is 2. The summed E-state index contributed by atoms with van der Waals surface area (Å²) in [7, 11) is 1.77. The van der Waals surface area contributed by atoms with E-state index < -0.39 is 0 Å². The number of amides is 1. The van der Waals surface area contributed by atoms with Gasteiger partial charge < -0.3 is 14.6 Å². The Morgan fingerprint density at radius 1 is 1.32 bits per heavy atom. The third-order valence-electron chi connectivity index (χ3n) is 3.04. The molecule has 106 valence electrons. The molecule has 19 heavy (non-hydrogen) atoms. The van der Waals surface area contributed by atoms with Crippen LogP contribution in [0.2, 0.25) is 0 Å². The van der Waals surface area contributed by atoms with E-state index in [-0.39, 0.29) is 18.1 Å². The molecule has 0 saturated heterocycles. The molecule has 0 saturated carbocycles. The minimum absolute atomic E-state index is 0.0414. The van der Waals surface area contributed by atoms with Gasteiger partial charge in [-0.25, -0.2) is 0 Å². The lowest BCUT2D eigenvalue weighted by Gasteiger charge is -2.17. The molecule has 0 fully saturated rings. The van der Waals surface area contributed by atoms with Gasteiger partial charge in [0, 0.05) is 45.4 Å². The molecule has 0 bridgehead atoms. The lowest BCUT2D eigenvalue weighted by Crippen LogP contribution is -2.30. The molecule has 5 heteroatoms. The summed E-state index contributed by atoms with van der Waals surface area (Å²) in [6.07, 6.45) is 4.62. The van der Waals surface area contributed by atoms with Crippen LogP contribution < -0.4 is 5.56 Å². The maximum Gasteiger partial charge on any atom is 0.250 e. The average molecular weight is 266 g/mol. The maximum atomic E-state index is 11.9. The van der Waals surface area contributed by atoms with Gasteiger partial charge in [0.05, 0.1) is 0 Å². The molecule has 0 aliphatic rings. The first-order valence-electron chi connectivity index (χ1n) is 6.65. The Labute approximate surface area is 113 Å². The van der Waals surface area contributed by atoms with Crippen molar-refractivity contribution in [2.24, 2.45) is 0 Å². The number of aliphatic hydroxyl groups excluding tert-OH is 1. The van der Waals surface area contributed by atoms with Crippen molar-refractivity contribution in [1.29, 1.82) is 0 Å². The van der Waals surface area contributed by atoms with Gasteiger partial charge in [-0.05, 0) is 25.3 Å². The van der Waals surface area contributed by atoms with Crippen LogP contribution in [0.25, 0.3) is 0 Å². The number of pyridine rings is 1. The number of aromatic nitrogens is 1. The summed E-state index contributed by atoms with van der Waals surface area (Å²) < 4.78 is 1.54. The summed E-state index contributed by atoms with van der Waals surface area (Å²) >= 11 is 0. The molecule has 0 atom stereocenters. The van der Waals surface area contributed by atoms with E-state index in [1.165, 1.54) is 10.6 Å². The van der Waals surface area contributed by atoms with Crippen molar-refractivity contribution in [1.82, 2.24) is 9.47 Å². The molecule has 0 radical (unpaired) electrons. The molecule has 1 amide bonds. The van der Waals surface area contributed by atoms with Crippen LogP contribution in [0.5, 0.6) is 0 Å². The van der Waals surface area contributed by atoms with Crippen LogP contribution in [-0.4, -0.2) is 40.7 Å². The fourth-order valence-electron chi connectivity index (χ4n) is 1.81. The van der Waals surface area contributed by atoms with Crippen molar-refractivity contribution in [2.45, 2.75) is 32.2 Å². The van der Waals surface area contributed by atoms with Crippen LogP contribution in [0.15, 0.2) is 29.2 Å². The van der Waals surface area contributed by atoms with Crippen molar-refractivity contribution >= 4 is 5.91 Å². The molecule has 1 heterocycles. The molecular weight excluding hydrogens is 244 g/mol. The highest BCUT2D eigenvalue weighted by Crippen LogP contribution is 1.99. The molecule has 0 unspecified atom stereocenters. The van der Waals surface area contributed by atoms with E-state index in [0.29, 0.717) is 19.5 Å². The van der Waals surface area contributed by atoms with Crippen molar-refractivity contribution < 1.29 is 9.90 Å². The zero-order chi connectivity index (χ0) is 14.1. The summed E-state index contributed by atoms with van der Waals surface area (Å²) in [5.74, 6) is 0.0414. The monoisotopic (exact) mass is 266 g/mol. The molecule has 1 rings (SSSR count). The lowest BCUT2D eigenvalue weighted by atomic mass is 10.2. The van der Waals surface area contributed by atoms with Crippen LogP contribution >= 0.6 is 0 Å². The Balaban J connectivity index is 2.31.